The zero-order valence-electron chi connectivity index (χ0n) is 10.2. The summed E-state index contributed by atoms with van der Waals surface area (Å²) in [5.74, 6) is 0.122. The van der Waals surface area contributed by atoms with Crippen molar-refractivity contribution in [2.75, 3.05) is 12.3 Å². The predicted molar refractivity (Wildman–Crippen MR) is 60.5 cm³/mol. The largest absolute Gasteiger partial charge is 3.00 e. The summed E-state index contributed by atoms with van der Waals surface area (Å²) < 4.78 is 20.6. The quantitative estimate of drug-likeness (QED) is 0.578. The van der Waals surface area contributed by atoms with Gasteiger partial charge in [0.25, 0.3) is 0 Å². The summed E-state index contributed by atoms with van der Waals surface area (Å²) in [6, 6.07) is 0. The maximum atomic E-state index is 14.0. The predicted octanol–water partition coefficient (Wildman–Crippen LogP) is -1.21. The standard InChI is InChI=1S/C10H11FN5O3.Y/c11-5-7(18)4(1-17)19-10(5)16-3-15-6-8(12)13-2-14-9(6)16;/h3-5,7,10,17-18H,1H2,(H2,12,13,14);/q-1;+3. The summed E-state index contributed by atoms with van der Waals surface area (Å²) in [6.07, 6.45) is -1.59. The maximum Gasteiger partial charge on any atom is 3.00 e. The van der Waals surface area contributed by atoms with Crippen molar-refractivity contribution in [3.63, 3.8) is 0 Å². The number of rotatable bonds is 2. The van der Waals surface area contributed by atoms with Gasteiger partial charge in [-0.15, -0.1) is 0 Å². The van der Waals surface area contributed by atoms with Gasteiger partial charge in [0.1, 0.15) is 12.2 Å². The number of nitrogens with zero attached hydrogens (tertiary/aromatic N) is 4. The van der Waals surface area contributed by atoms with Gasteiger partial charge in [-0.2, -0.15) is 0 Å². The number of aliphatic hydroxyl groups excluding tert-OH is 2. The maximum absolute atomic E-state index is 14.0. The SMILES string of the molecule is Nc1n[c-]nc2c1ncn2C1OC(CO)C(O)C1F.[Y+3]. The zero-order chi connectivity index (χ0) is 13.6. The van der Waals surface area contributed by atoms with Crippen LogP contribution in [0.5, 0.6) is 0 Å². The topological polar surface area (TPSA) is 119 Å². The van der Waals surface area contributed by atoms with Crippen molar-refractivity contribution in [1.29, 1.82) is 0 Å². The molecule has 8 nitrogen and oxygen atoms in total. The molecule has 0 amide bonds. The van der Waals surface area contributed by atoms with Gasteiger partial charge in [0, 0.05) is 17.7 Å². The van der Waals surface area contributed by atoms with Gasteiger partial charge in [-0.05, 0) is 0 Å². The van der Waals surface area contributed by atoms with Gasteiger partial charge in [-0.3, -0.25) is 4.98 Å². The van der Waals surface area contributed by atoms with Gasteiger partial charge in [-0.25, -0.2) is 4.39 Å². The minimum Gasteiger partial charge on any atom is -0.433 e. The molecule has 4 atom stereocenters. The molecule has 0 radical (unpaired) electrons. The Hall–Kier alpha value is -0.736. The van der Waals surface area contributed by atoms with Crippen LogP contribution in [-0.4, -0.2) is 54.7 Å². The summed E-state index contributed by atoms with van der Waals surface area (Å²) >= 11 is 0. The van der Waals surface area contributed by atoms with Crippen molar-refractivity contribution >= 4 is 17.0 Å². The summed E-state index contributed by atoms with van der Waals surface area (Å²) in [5.41, 5.74) is 6.16. The smallest absolute Gasteiger partial charge is 0.433 e. The van der Waals surface area contributed by atoms with Gasteiger partial charge in [-0.1, -0.05) is 0 Å². The number of nitrogens with two attached hydrogens (primary N) is 1. The van der Waals surface area contributed by atoms with E-state index in [2.05, 4.69) is 21.3 Å². The monoisotopic (exact) mass is 357 g/mol. The Balaban J connectivity index is 0.00000147. The molecule has 1 aliphatic heterocycles. The Kier molecular flexibility index (Phi) is 4.65. The van der Waals surface area contributed by atoms with E-state index in [0.29, 0.717) is 5.52 Å². The van der Waals surface area contributed by atoms with Crippen LogP contribution >= 0.6 is 0 Å². The molecule has 2 aromatic rings. The number of hydrogen-bond donors (Lipinski definition) is 3. The van der Waals surface area contributed by atoms with Crippen LogP contribution in [0.2, 0.25) is 0 Å². The fourth-order valence-electron chi connectivity index (χ4n) is 2.09. The van der Waals surface area contributed by atoms with Crippen molar-refractivity contribution in [3.8, 4) is 0 Å². The van der Waals surface area contributed by atoms with Crippen LogP contribution in [0.3, 0.4) is 0 Å². The Labute approximate surface area is 138 Å². The van der Waals surface area contributed by atoms with E-state index in [4.69, 9.17) is 15.6 Å². The van der Waals surface area contributed by atoms with Crippen LogP contribution in [0, 0.1) is 6.33 Å². The Bertz CT molecular complexity index is 612. The van der Waals surface area contributed by atoms with Crippen LogP contribution in [0.1, 0.15) is 6.23 Å². The summed E-state index contributed by atoms with van der Waals surface area (Å²) in [7, 11) is 0. The Morgan fingerprint density at radius 3 is 2.90 bits per heavy atom. The normalized spacial score (nSPS) is 29.6. The summed E-state index contributed by atoms with van der Waals surface area (Å²) in [4.78, 5) is 11.5. The van der Waals surface area contributed by atoms with Crippen molar-refractivity contribution in [1.82, 2.24) is 19.5 Å². The molecule has 3 rings (SSSR count). The molecular formula is C10H11FN5O3Y+2. The van der Waals surface area contributed by atoms with Crippen molar-refractivity contribution in [2.24, 2.45) is 0 Å². The van der Waals surface area contributed by atoms with E-state index in [-0.39, 0.29) is 44.2 Å². The molecular weight excluding hydrogens is 346 g/mol. The van der Waals surface area contributed by atoms with Gasteiger partial charge in [0.15, 0.2) is 12.4 Å². The molecule has 1 saturated heterocycles. The van der Waals surface area contributed by atoms with E-state index in [1.807, 2.05) is 0 Å². The first-order valence-electron chi connectivity index (χ1n) is 5.58. The number of nitrogen functional groups attached to an aromatic ring is 1. The number of ether oxygens (including phenoxy) is 1. The molecule has 0 bridgehead atoms. The van der Waals surface area contributed by atoms with Gasteiger partial charge < -0.3 is 35.2 Å². The first-order chi connectivity index (χ1) is 9.13. The number of aliphatic hydroxyl groups is 2. The molecule has 10 heteroatoms. The van der Waals surface area contributed by atoms with E-state index >= 15 is 0 Å². The number of aromatic nitrogens is 4. The van der Waals surface area contributed by atoms with E-state index in [9.17, 15) is 9.50 Å². The number of fused-ring (bicyclic) bond motifs is 1. The molecule has 1 aliphatic rings. The summed E-state index contributed by atoms with van der Waals surface area (Å²) in [5, 5.41) is 18.6. The van der Waals surface area contributed by atoms with Crippen molar-refractivity contribution in [2.45, 2.75) is 24.6 Å². The average molecular weight is 357 g/mol. The number of anilines is 1. The van der Waals surface area contributed by atoms with E-state index < -0.39 is 31.2 Å². The third kappa shape index (κ3) is 2.33. The number of halogens is 1. The van der Waals surface area contributed by atoms with Crippen LogP contribution in [0.15, 0.2) is 6.33 Å². The molecule has 2 aromatic heterocycles. The third-order valence-corrected chi connectivity index (χ3v) is 3.08. The van der Waals surface area contributed by atoms with Crippen molar-refractivity contribution in [3.05, 3.63) is 12.7 Å². The van der Waals surface area contributed by atoms with Crippen LogP contribution in [0.25, 0.3) is 11.2 Å². The van der Waals surface area contributed by atoms with Gasteiger partial charge in [0.05, 0.1) is 18.6 Å². The molecule has 4 unspecified atom stereocenters. The zero-order valence-corrected chi connectivity index (χ0v) is 13.1. The Morgan fingerprint density at radius 2 is 2.25 bits per heavy atom. The molecule has 0 aromatic carbocycles. The molecule has 3 heterocycles. The van der Waals surface area contributed by atoms with Gasteiger partial charge in [0.2, 0.25) is 0 Å². The molecule has 4 N–H and O–H groups in total. The second-order valence-electron chi connectivity index (χ2n) is 4.22. The minimum atomic E-state index is -1.70. The number of alkyl halides is 1. The second-order valence-corrected chi connectivity index (χ2v) is 4.22. The van der Waals surface area contributed by atoms with Crippen LogP contribution in [-0.2, 0) is 37.4 Å². The fourth-order valence-corrected chi connectivity index (χ4v) is 2.09. The summed E-state index contributed by atoms with van der Waals surface area (Å²) in [6.45, 7) is -0.478. The van der Waals surface area contributed by atoms with Crippen LogP contribution < -0.4 is 5.73 Å². The Morgan fingerprint density at radius 1 is 1.50 bits per heavy atom. The molecule has 0 saturated carbocycles. The van der Waals surface area contributed by atoms with E-state index in [1.54, 1.807) is 0 Å². The number of imidazole rings is 1. The first kappa shape index (κ1) is 15.6. The van der Waals surface area contributed by atoms with Gasteiger partial charge >= 0.3 is 32.7 Å². The van der Waals surface area contributed by atoms with Crippen molar-refractivity contribution < 1.29 is 52.0 Å². The minimum absolute atomic E-state index is 0. The second kappa shape index (κ2) is 5.94. The molecule has 0 aliphatic carbocycles. The average Bonchev–Trinajstić information content (AvgIpc) is 2.94. The van der Waals surface area contributed by atoms with Crippen LogP contribution in [0.4, 0.5) is 10.2 Å². The molecule has 1 fully saturated rings. The number of hydrogen-bond acceptors (Lipinski definition) is 7. The molecule has 102 valence electrons. The fraction of sp³-hybridized carbons (Fsp3) is 0.500. The third-order valence-electron chi connectivity index (χ3n) is 3.08. The first-order valence-corrected chi connectivity index (χ1v) is 5.58. The van der Waals surface area contributed by atoms with E-state index in [1.165, 1.54) is 10.9 Å². The van der Waals surface area contributed by atoms with E-state index in [0.717, 1.165) is 0 Å². The molecule has 20 heavy (non-hydrogen) atoms. The molecule has 0 spiro atoms.